The van der Waals surface area contributed by atoms with Crippen LogP contribution in [0.25, 0.3) is 11.3 Å². The number of hydrogen-bond donors (Lipinski definition) is 1. The van der Waals surface area contributed by atoms with Gasteiger partial charge in [-0.1, -0.05) is 54.1 Å². The molecule has 0 saturated heterocycles. The van der Waals surface area contributed by atoms with Crippen LogP contribution in [0.2, 0.25) is 5.02 Å². The van der Waals surface area contributed by atoms with Crippen LogP contribution >= 0.6 is 11.6 Å². The fourth-order valence-electron chi connectivity index (χ4n) is 5.14. The van der Waals surface area contributed by atoms with Gasteiger partial charge in [0.15, 0.2) is 0 Å². The van der Waals surface area contributed by atoms with Crippen molar-refractivity contribution in [2.45, 2.75) is 38.6 Å². The highest BCUT2D eigenvalue weighted by atomic mass is 35.5. The summed E-state index contributed by atoms with van der Waals surface area (Å²) in [6.45, 7) is 2.56. The fraction of sp³-hybridized carbons (Fsp3) is 0.393. The van der Waals surface area contributed by atoms with Crippen LogP contribution in [0.15, 0.2) is 65.1 Å². The Morgan fingerprint density at radius 2 is 1.73 bits per heavy atom. The highest BCUT2D eigenvalue weighted by Crippen LogP contribution is 2.39. The molecule has 0 radical (unpaired) electrons. The minimum atomic E-state index is -0.0483. The number of hydrogen-bond acceptors (Lipinski definition) is 3. The second-order valence-corrected chi connectivity index (χ2v) is 9.83. The highest BCUT2D eigenvalue weighted by molar-refractivity contribution is 6.30. The first-order valence-electron chi connectivity index (χ1n) is 11.8. The molecule has 1 heterocycles. The average molecular weight is 465 g/mol. The average Bonchev–Trinajstić information content (AvgIpc) is 3.22. The SMILES string of the molecule is Cc1oc(-c2ccccc2)cc1C(=O)NCC1CCC(C(c2ccc(Cl)cc2)N(C)C)CC1. The number of furan rings is 1. The Morgan fingerprint density at radius 1 is 1.06 bits per heavy atom. The molecule has 2 aromatic carbocycles. The molecular formula is C28H33ClN2O2. The van der Waals surface area contributed by atoms with Crippen molar-refractivity contribution in [1.29, 1.82) is 0 Å². The lowest BCUT2D eigenvalue weighted by atomic mass is 9.76. The number of nitrogens with one attached hydrogen (secondary N) is 1. The van der Waals surface area contributed by atoms with E-state index in [4.69, 9.17) is 16.0 Å². The maximum atomic E-state index is 12.8. The van der Waals surface area contributed by atoms with Crippen LogP contribution in [0, 0.1) is 18.8 Å². The molecule has 1 atom stereocenters. The van der Waals surface area contributed by atoms with E-state index in [-0.39, 0.29) is 5.91 Å². The molecule has 4 nitrogen and oxygen atoms in total. The molecule has 3 aromatic rings. The number of benzene rings is 2. The van der Waals surface area contributed by atoms with E-state index in [1.54, 1.807) is 0 Å². The van der Waals surface area contributed by atoms with Gasteiger partial charge in [0.1, 0.15) is 11.5 Å². The first-order chi connectivity index (χ1) is 15.9. The van der Waals surface area contributed by atoms with Gasteiger partial charge in [0.2, 0.25) is 0 Å². The normalized spacial score (nSPS) is 19.4. The molecule has 1 aliphatic carbocycles. The van der Waals surface area contributed by atoms with Gasteiger partial charge in [-0.2, -0.15) is 0 Å². The summed E-state index contributed by atoms with van der Waals surface area (Å²) in [7, 11) is 4.31. The third kappa shape index (κ3) is 5.69. The van der Waals surface area contributed by atoms with Gasteiger partial charge in [0.05, 0.1) is 5.56 Å². The maximum absolute atomic E-state index is 12.8. The number of carbonyl (C=O) groups excluding carboxylic acids is 1. The van der Waals surface area contributed by atoms with Crippen LogP contribution in [-0.2, 0) is 0 Å². The minimum absolute atomic E-state index is 0.0483. The molecule has 0 bridgehead atoms. The number of amides is 1. The number of carbonyl (C=O) groups is 1. The van der Waals surface area contributed by atoms with Gasteiger partial charge in [-0.15, -0.1) is 0 Å². The van der Waals surface area contributed by atoms with Crippen LogP contribution in [0.4, 0.5) is 0 Å². The van der Waals surface area contributed by atoms with Crippen LogP contribution in [-0.4, -0.2) is 31.4 Å². The molecule has 1 aliphatic rings. The van der Waals surface area contributed by atoms with Gasteiger partial charge in [-0.05, 0) is 82.3 Å². The van der Waals surface area contributed by atoms with Crippen molar-refractivity contribution in [3.05, 3.63) is 82.6 Å². The number of aryl methyl sites for hydroxylation is 1. The number of nitrogens with zero attached hydrogens (tertiary/aromatic N) is 1. The molecular weight excluding hydrogens is 432 g/mol. The fourth-order valence-corrected chi connectivity index (χ4v) is 5.27. The molecule has 33 heavy (non-hydrogen) atoms. The Labute approximate surface area is 201 Å². The van der Waals surface area contributed by atoms with E-state index in [1.807, 2.05) is 55.5 Å². The van der Waals surface area contributed by atoms with Crippen molar-refractivity contribution in [3.8, 4) is 11.3 Å². The molecule has 1 N–H and O–H groups in total. The van der Waals surface area contributed by atoms with Crippen molar-refractivity contribution in [1.82, 2.24) is 10.2 Å². The molecule has 1 aromatic heterocycles. The van der Waals surface area contributed by atoms with Gasteiger partial charge < -0.3 is 14.6 Å². The van der Waals surface area contributed by atoms with Gasteiger partial charge in [0, 0.05) is 23.2 Å². The van der Waals surface area contributed by atoms with Gasteiger partial charge in [0.25, 0.3) is 5.91 Å². The Balaban J connectivity index is 1.32. The summed E-state index contributed by atoms with van der Waals surface area (Å²) in [5.74, 6) is 2.46. The Kier molecular flexibility index (Phi) is 7.56. The minimum Gasteiger partial charge on any atom is -0.461 e. The third-order valence-corrected chi connectivity index (χ3v) is 7.13. The zero-order chi connectivity index (χ0) is 23.4. The summed E-state index contributed by atoms with van der Waals surface area (Å²) in [6, 6.07) is 20.4. The first-order valence-corrected chi connectivity index (χ1v) is 12.2. The Morgan fingerprint density at radius 3 is 2.36 bits per heavy atom. The van der Waals surface area contributed by atoms with Crippen LogP contribution in [0.1, 0.15) is 53.4 Å². The molecule has 0 aliphatic heterocycles. The maximum Gasteiger partial charge on any atom is 0.254 e. The van der Waals surface area contributed by atoms with E-state index in [0.29, 0.717) is 35.7 Å². The Hall–Kier alpha value is -2.56. The lowest BCUT2D eigenvalue weighted by molar-refractivity contribution is 0.0933. The van der Waals surface area contributed by atoms with E-state index < -0.39 is 0 Å². The van der Waals surface area contributed by atoms with Crippen molar-refractivity contribution < 1.29 is 9.21 Å². The third-order valence-electron chi connectivity index (χ3n) is 6.88. The van der Waals surface area contributed by atoms with Crippen LogP contribution in [0.3, 0.4) is 0 Å². The van der Waals surface area contributed by atoms with Gasteiger partial charge >= 0.3 is 0 Å². The second kappa shape index (κ2) is 10.6. The molecule has 1 saturated carbocycles. The number of halogens is 1. The largest absolute Gasteiger partial charge is 0.461 e. The topological polar surface area (TPSA) is 45.5 Å². The van der Waals surface area contributed by atoms with Crippen molar-refractivity contribution >= 4 is 17.5 Å². The molecule has 1 unspecified atom stereocenters. The predicted octanol–water partition coefficient (Wildman–Crippen LogP) is 6.75. The summed E-state index contributed by atoms with van der Waals surface area (Å²) < 4.78 is 5.85. The van der Waals surface area contributed by atoms with E-state index in [9.17, 15) is 4.79 Å². The molecule has 1 amide bonds. The quantitative estimate of drug-likeness (QED) is 0.420. The Bertz CT molecular complexity index is 1050. The summed E-state index contributed by atoms with van der Waals surface area (Å²) in [6.07, 6.45) is 4.58. The molecule has 1 fully saturated rings. The van der Waals surface area contributed by atoms with E-state index in [0.717, 1.165) is 42.0 Å². The smallest absolute Gasteiger partial charge is 0.254 e. The van der Waals surface area contributed by atoms with Gasteiger partial charge in [-0.25, -0.2) is 0 Å². The zero-order valence-corrected chi connectivity index (χ0v) is 20.4. The van der Waals surface area contributed by atoms with Crippen molar-refractivity contribution in [2.24, 2.45) is 11.8 Å². The van der Waals surface area contributed by atoms with Crippen molar-refractivity contribution in [2.75, 3.05) is 20.6 Å². The van der Waals surface area contributed by atoms with Gasteiger partial charge in [-0.3, -0.25) is 4.79 Å². The lowest BCUT2D eigenvalue weighted by Crippen LogP contribution is -2.34. The summed E-state index contributed by atoms with van der Waals surface area (Å²) >= 11 is 6.09. The lowest BCUT2D eigenvalue weighted by Gasteiger charge is -2.37. The summed E-state index contributed by atoms with van der Waals surface area (Å²) in [5.41, 5.74) is 2.93. The first kappa shape index (κ1) is 23.6. The highest BCUT2D eigenvalue weighted by Gasteiger charge is 2.30. The standard InChI is InChI=1S/C28H33ClN2O2/c1-19-25(17-26(33-19)21-7-5-4-6-8-21)28(32)30-18-20-9-11-22(12-10-20)27(31(2)3)23-13-15-24(29)16-14-23/h4-8,13-17,20,22,27H,9-12,18H2,1-3H3,(H,30,32). The van der Waals surface area contributed by atoms with E-state index in [2.05, 4.69) is 36.4 Å². The van der Waals surface area contributed by atoms with Crippen molar-refractivity contribution in [3.63, 3.8) is 0 Å². The molecule has 5 heteroatoms. The molecule has 4 rings (SSSR count). The zero-order valence-electron chi connectivity index (χ0n) is 19.7. The second-order valence-electron chi connectivity index (χ2n) is 9.40. The van der Waals surface area contributed by atoms with E-state index in [1.165, 1.54) is 5.56 Å². The van der Waals surface area contributed by atoms with Crippen LogP contribution < -0.4 is 5.32 Å². The molecule has 174 valence electrons. The summed E-state index contributed by atoms with van der Waals surface area (Å²) in [5, 5.41) is 3.93. The monoisotopic (exact) mass is 464 g/mol. The van der Waals surface area contributed by atoms with Crippen LogP contribution in [0.5, 0.6) is 0 Å². The molecule has 0 spiro atoms. The summed E-state index contributed by atoms with van der Waals surface area (Å²) in [4.78, 5) is 15.2. The number of rotatable bonds is 7. The van der Waals surface area contributed by atoms with E-state index >= 15 is 0 Å². The predicted molar refractivity (Wildman–Crippen MR) is 135 cm³/mol.